The molecule has 0 saturated carbocycles. The van der Waals surface area contributed by atoms with Crippen LogP contribution in [0.4, 0.5) is 13.2 Å². The standard InChI is InChI=1S/C25H27F3N2O3/c1-4-21(19(3)33-15-7-5-6-8-23(31)32)17-30-18(2)16-29-24(30)22-11-9-20(10-12-22)13-14-25(26,27)28/h4,9-12,16H,3,5-8,15,17H2,1-2H3,(H,31,32)/b21-4-. The van der Waals surface area contributed by atoms with Gasteiger partial charge in [-0.25, -0.2) is 4.98 Å². The summed E-state index contributed by atoms with van der Waals surface area (Å²) in [4.78, 5) is 15.0. The smallest absolute Gasteiger partial charge is 0.458 e. The Kier molecular flexibility index (Phi) is 9.34. The van der Waals surface area contributed by atoms with Crippen molar-refractivity contribution in [3.63, 3.8) is 0 Å². The number of aliphatic carboxylic acids is 1. The van der Waals surface area contributed by atoms with Gasteiger partial charge in [-0.1, -0.05) is 30.7 Å². The van der Waals surface area contributed by atoms with E-state index in [0.717, 1.165) is 29.7 Å². The first-order valence-corrected chi connectivity index (χ1v) is 10.5. The molecular formula is C25H27F3N2O3. The van der Waals surface area contributed by atoms with Crippen LogP contribution in [0.5, 0.6) is 0 Å². The Bertz CT molecular complexity index is 1060. The quantitative estimate of drug-likeness (QED) is 0.196. The van der Waals surface area contributed by atoms with E-state index in [1.807, 2.05) is 24.5 Å². The monoisotopic (exact) mass is 460 g/mol. The van der Waals surface area contributed by atoms with Gasteiger partial charge in [0, 0.05) is 40.9 Å². The summed E-state index contributed by atoms with van der Waals surface area (Å²) in [7, 11) is 0. The number of carbonyl (C=O) groups is 1. The molecule has 0 aliphatic heterocycles. The minimum Gasteiger partial charge on any atom is -0.494 e. The third-order valence-electron chi connectivity index (χ3n) is 4.89. The number of aromatic nitrogens is 2. The third kappa shape index (κ3) is 8.53. The lowest BCUT2D eigenvalue weighted by Gasteiger charge is -2.16. The first-order chi connectivity index (χ1) is 15.6. The van der Waals surface area contributed by atoms with Gasteiger partial charge in [-0.05, 0) is 45.2 Å². The molecule has 0 atom stereocenters. The summed E-state index contributed by atoms with van der Waals surface area (Å²) >= 11 is 0. The highest BCUT2D eigenvalue weighted by molar-refractivity contribution is 5.66. The van der Waals surface area contributed by atoms with Crippen molar-refractivity contribution >= 4 is 5.97 Å². The Morgan fingerprint density at radius 2 is 1.94 bits per heavy atom. The van der Waals surface area contributed by atoms with Crippen molar-refractivity contribution in [1.82, 2.24) is 9.55 Å². The summed E-state index contributed by atoms with van der Waals surface area (Å²) in [6.45, 7) is 8.73. The van der Waals surface area contributed by atoms with E-state index in [1.54, 1.807) is 18.3 Å². The molecule has 0 aliphatic rings. The molecule has 0 amide bonds. The van der Waals surface area contributed by atoms with Gasteiger partial charge in [0.25, 0.3) is 0 Å². The van der Waals surface area contributed by atoms with Crippen molar-refractivity contribution in [3.8, 4) is 23.2 Å². The molecule has 2 rings (SSSR count). The molecule has 0 saturated heterocycles. The topological polar surface area (TPSA) is 64.3 Å². The van der Waals surface area contributed by atoms with Crippen molar-refractivity contribution in [2.75, 3.05) is 6.61 Å². The number of hydrogen-bond donors (Lipinski definition) is 1. The van der Waals surface area contributed by atoms with E-state index in [1.165, 1.54) is 18.1 Å². The second kappa shape index (κ2) is 12.0. The molecule has 0 radical (unpaired) electrons. The number of hydrogen-bond acceptors (Lipinski definition) is 3. The van der Waals surface area contributed by atoms with Crippen LogP contribution in [0.25, 0.3) is 11.4 Å². The van der Waals surface area contributed by atoms with Crippen LogP contribution in [0.15, 0.2) is 54.4 Å². The molecule has 2 aromatic rings. The predicted octanol–water partition coefficient (Wildman–Crippen LogP) is 5.89. The summed E-state index contributed by atoms with van der Waals surface area (Å²) in [5.74, 6) is 3.78. The van der Waals surface area contributed by atoms with E-state index < -0.39 is 12.1 Å². The zero-order chi connectivity index (χ0) is 24.4. The number of benzene rings is 1. The first kappa shape index (κ1) is 25.8. The zero-order valence-electron chi connectivity index (χ0n) is 18.7. The highest BCUT2D eigenvalue weighted by Crippen LogP contribution is 2.23. The number of carboxylic acids is 1. The molecular weight excluding hydrogens is 433 g/mol. The van der Waals surface area contributed by atoms with Gasteiger partial charge in [0.1, 0.15) is 11.6 Å². The van der Waals surface area contributed by atoms with Gasteiger partial charge in [-0.3, -0.25) is 4.79 Å². The average molecular weight is 460 g/mol. The molecule has 8 heteroatoms. The number of halogens is 3. The minimum absolute atomic E-state index is 0.152. The van der Waals surface area contributed by atoms with Crippen LogP contribution in [0.2, 0.25) is 0 Å². The van der Waals surface area contributed by atoms with E-state index >= 15 is 0 Å². The number of nitrogens with zero attached hydrogens (tertiary/aromatic N) is 2. The fraction of sp³-hybridized carbons (Fsp3) is 0.360. The molecule has 0 spiro atoms. The highest BCUT2D eigenvalue weighted by atomic mass is 19.4. The van der Waals surface area contributed by atoms with E-state index in [2.05, 4.69) is 17.5 Å². The van der Waals surface area contributed by atoms with E-state index in [0.29, 0.717) is 31.2 Å². The van der Waals surface area contributed by atoms with E-state index in [9.17, 15) is 18.0 Å². The molecule has 1 heterocycles. The maximum absolute atomic E-state index is 12.3. The Labute approximate surface area is 191 Å². The zero-order valence-corrected chi connectivity index (χ0v) is 18.7. The average Bonchev–Trinajstić information content (AvgIpc) is 3.12. The number of ether oxygens (including phenoxy) is 1. The molecule has 1 aromatic heterocycles. The van der Waals surface area contributed by atoms with Gasteiger partial charge < -0.3 is 14.4 Å². The fourth-order valence-corrected chi connectivity index (χ4v) is 3.09. The SMILES string of the molecule is C=C(OCCCCCC(=O)O)/C(=C\C)Cn1c(C)cnc1-c1ccc(C#CC(F)(F)F)cc1. The summed E-state index contributed by atoms with van der Waals surface area (Å²) < 4.78 is 44.6. The molecule has 33 heavy (non-hydrogen) atoms. The van der Waals surface area contributed by atoms with Gasteiger partial charge in [-0.15, -0.1) is 0 Å². The highest BCUT2D eigenvalue weighted by Gasteiger charge is 2.22. The van der Waals surface area contributed by atoms with E-state index in [4.69, 9.17) is 9.84 Å². The molecule has 176 valence electrons. The summed E-state index contributed by atoms with van der Waals surface area (Å²) in [6.07, 6.45) is 1.37. The van der Waals surface area contributed by atoms with Gasteiger partial charge in [0.2, 0.25) is 0 Å². The Morgan fingerprint density at radius 3 is 2.55 bits per heavy atom. The Balaban J connectivity index is 2.05. The molecule has 1 aromatic carbocycles. The number of unbranched alkanes of at least 4 members (excludes halogenated alkanes) is 2. The number of allylic oxidation sites excluding steroid dienone is 2. The largest absolute Gasteiger partial charge is 0.494 e. The number of rotatable bonds is 11. The summed E-state index contributed by atoms with van der Waals surface area (Å²) in [5, 5.41) is 8.67. The van der Waals surface area contributed by atoms with Gasteiger partial charge in [-0.2, -0.15) is 13.2 Å². The third-order valence-corrected chi connectivity index (χ3v) is 4.89. The lowest BCUT2D eigenvalue weighted by atomic mass is 10.1. The van der Waals surface area contributed by atoms with E-state index in [-0.39, 0.29) is 12.0 Å². The number of imidazole rings is 1. The van der Waals surface area contributed by atoms with Crippen molar-refractivity contribution < 1.29 is 27.8 Å². The molecule has 0 unspecified atom stereocenters. The summed E-state index contributed by atoms with van der Waals surface area (Å²) in [6, 6.07) is 6.45. The Morgan fingerprint density at radius 1 is 1.24 bits per heavy atom. The predicted molar refractivity (Wildman–Crippen MR) is 120 cm³/mol. The lowest BCUT2D eigenvalue weighted by Crippen LogP contribution is -2.08. The van der Waals surface area contributed by atoms with Crippen molar-refractivity contribution in [3.05, 3.63) is 65.7 Å². The second-order valence-electron chi connectivity index (χ2n) is 7.42. The van der Waals surface area contributed by atoms with Crippen LogP contribution in [-0.4, -0.2) is 33.4 Å². The van der Waals surface area contributed by atoms with Crippen LogP contribution in [-0.2, 0) is 16.1 Å². The maximum Gasteiger partial charge on any atom is 0.458 e. The number of carboxylic acid groups (broad SMARTS) is 1. The molecule has 0 bridgehead atoms. The normalized spacial score (nSPS) is 11.6. The van der Waals surface area contributed by atoms with Crippen LogP contribution >= 0.6 is 0 Å². The number of aryl methyl sites for hydroxylation is 1. The molecule has 5 nitrogen and oxygen atoms in total. The Hall–Kier alpha value is -3.47. The molecule has 0 fully saturated rings. The first-order valence-electron chi connectivity index (χ1n) is 10.5. The van der Waals surface area contributed by atoms with Crippen molar-refractivity contribution in [1.29, 1.82) is 0 Å². The van der Waals surface area contributed by atoms with Gasteiger partial charge in [0.15, 0.2) is 0 Å². The fourth-order valence-electron chi connectivity index (χ4n) is 3.09. The molecule has 0 aliphatic carbocycles. The number of alkyl halides is 3. The van der Waals surface area contributed by atoms with Crippen molar-refractivity contribution in [2.24, 2.45) is 0 Å². The minimum atomic E-state index is -4.53. The lowest BCUT2D eigenvalue weighted by molar-refractivity contribution is -0.137. The molecule has 1 N–H and O–H groups in total. The second-order valence-corrected chi connectivity index (χ2v) is 7.42. The van der Waals surface area contributed by atoms with Gasteiger partial charge >= 0.3 is 12.1 Å². The van der Waals surface area contributed by atoms with Gasteiger partial charge in [0.05, 0.1) is 13.2 Å². The van der Waals surface area contributed by atoms with Crippen LogP contribution < -0.4 is 0 Å². The van der Waals surface area contributed by atoms with Crippen molar-refractivity contribution in [2.45, 2.75) is 52.3 Å². The van der Waals surface area contributed by atoms with Crippen LogP contribution in [0.1, 0.15) is 43.9 Å². The maximum atomic E-state index is 12.3. The van der Waals surface area contributed by atoms with Crippen LogP contribution in [0, 0.1) is 18.8 Å². The summed E-state index contributed by atoms with van der Waals surface area (Å²) in [5.41, 5.74) is 2.80. The van der Waals surface area contributed by atoms with Crippen LogP contribution in [0.3, 0.4) is 0 Å².